The first-order valence-corrected chi connectivity index (χ1v) is 8.95. The zero-order chi connectivity index (χ0) is 19.6. The lowest BCUT2D eigenvalue weighted by Crippen LogP contribution is -2.69. The fraction of sp³-hybridized carbons (Fsp3) is 0.889. The summed E-state index contributed by atoms with van der Waals surface area (Å²) in [6, 6.07) is -0.0552. The van der Waals surface area contributed by atoms with Crippen molar-refractivity contribution in [1.29, 1.82) is 0 Å². The summed E-state index contributed by atoms with van der Waals surface area (Å²) in [4.78, 5) is 26.5. The number of amides is 2. The molecule has 7 heteroatoms. The molecule has 2 amide bonds. The molecule has 0 aromatic carbocycles. The van der Waals surface area contributed by atoms with Crippen LogP contribution in [0.2, 0.25) is 0 Å². The quantitative estimate of drug-likeness (QED) is 0.809. The Hall–Kier alpha value is -1.50. The summed E-state index contributed by atoms with van der Waals surface area (Å²) in [5.74, 6) is 0. The third-order valence-electron chi connectivity index (χ3n) is 4.81. The van der Waals surface area contributed by atoms with E-state index < -0.39 is 29.9 Å². The van der Waals surface area contributed by atoms with Gasteiger partial charge >= 0.3 is 12.2 Å². The predicted octanol–water partition coefficient (Wildman–Crippen LogP) is 2.89. The van der Waals surface area contributed by atoms with Gasteiger partial charge in [-0.15, -0.1) is 0 Å². The molecule has 1 aliphatic heterocycles. The van der Waals surface area contributed by atoms with Crippen LogP contribution in [0.1, 0.15) is 61.8 Å². The average Bonchev–Trinajstić information content (AvgIpc) is 2.39. The summed E-state index contributed by atoms with van der Waals surface area (Å²) in [5, 5.41) is 5.46. The van der Waals surface area contributed by atoms with Crippen molar-refractivity contribution in [1.82, 2.24) is 15.5 Å². The topological polar surface area (TPSA) is 79.9 Å². The summed E-state index contributed by atoms with van der Waals surface area (Å²) < 4.78 is 11.4. The smallest absolute Gasteiger partial charge is 0.407 e. The van der Waals surface area contributed by atoms with Gasteiger partial charge in [0.15, 0.2) is 6.10 Å². The SMILES string of the molecule is CC(C)NC(=O)OC1CC(C)(C)N(C)C(C)(C)C1OC(=O)NC(C)C. The van der Waals surface area contributed by atoms with E-state index in [1.54, 1.807) is 0 Å². The second-order valence-corrected chi connectivity index (χ2v) is 8.60. The summed E-state index contributed by atoms with van der Waals surface area (Å²) in [6.45, 7) is 15.7. The molecule has 0 aliphatic carbocycles. The van der Waals surface area contributed by atoms with Gasteiger partial charge < -0.3 is 20.1 Å². The molecule has 0 radical (unpaired) electrons. The van der Waals surface area contributed by atoms with Crippen LogP contribution in [0, 0.1) is 0 Å². The highest BCUT2D eigenvalue weighted by molar-refractivity contribution is 5.69. The van der Waals surface area contributed by atoms with Crippen molar-refractivity contribution in [3.63, 3.8) is 0 Å². The van der Waals surface area contributed by atoms with Crippen LogP contribution < -0.4 is 10.6 Å². The second-order valence-electron chi connectivity index (χ2n) is 8.60. The molecule has 2 N–H and O–H groups in total. The van der Waals surface area contributed by atoms with Gasteiger partial charge in [0.05, 0.1) is 5.54 Å². The molecule has 0 saturated carbocycles. The lowest BCUT2D eigenvalue weighted by Gasteiger charge is -2.56. The van der Waals surface area contributed by atoms with Crippen LogP contribution in [0.25, 0.3) is 0 Å². The first-order chi connectivity index (χ1) is 11.3. The Bertz CT molecular complexity index is 489. The van der Waals surface area contributed by atoms with Crippen LogP contribution in [-0.4, -0.2) is 59.5 Å². The fourth-order valence-corrected chi connectivity index (χ4v) is 3.28. The lowest BCUT2D eigenvalue weighted by molar-refractivity contribution is -0.153. The average molecular weight is 357 g/mol. The molecule has 0 aromatic heterocycles. The molecule has 146 valence electrons. The molecule has 7 nitrogen and oxygen atoms in total. The van der Waals surface area contributed by atoms with Crippen molar-refractivity contribution in [3.8, 4) is 0 Å². The zero-order valence-corrected chi connectivity index (χ0v) is 17.1. The Kier molecular flexibility index (Phi) is 6.73. The molecule has 1 rings (SSSR count). The van der Waals surface area contributed by atoms with E-state index >= 15 is 0 Å². The first kappa shape index (κ1) is 21.5. The van der Waals surface area contributed by atoms with Gasteiger partial charge in [-0.3, -0.25) is 4.90 Å². The third-order valence-corrected chi connectivity index (χ3v) is 4.81. The molecule has 0 bridgehead atoms. The minimum Gasteiger partial charge on any atom is -0.442 e. The maximum Gasteiger partial charge on any atom is 0.407 e. The number of rotatable bonds is 4. The van der Waals surface area contributed by atoms with Crippen molar-refractivity contribution >= 4 is 12.2 Å². The number of carbonyl (C=O) groups excluding carboxylic acids is 2. The van der Waals surface area contributed by atoms with E-state index in [2.05, 4.69) is 29.4 Å². The van der Waals surface area contributed by atoms with Gasteiger partial charge in [-0.05, 0) is 62.4 Å². The largest absolute Gasteiger partial charge is 0.442 e. The Morgan fingerprint density at radius 2 is 1.40 bits per heavy atom. The molecular formula is C18H35N3O4. The van der Waals surface area contributed by atoms with Crippen molar-refractivity contribution in [3.05, 3.63) is 0 Å². The third kappa shape index (κ3) is 5.49. The van der Waals surface area contributed by atoms with Crippen LogP contribution in [0.5, 0.6) is 0 Å². The van der Waals surface area contributed by atoms with E-state index in [-0.39, 0.29) is 17.6 Å². The van der Waals surface area contributed by atoms with E-state index in [0.29, 0.717) is 6.42 Å². The maximum absolute atomic E-state index is 12.2. The Balaban J connectivity index is 3.04. The minimum atomic E-state index is -0.581. The van der Waals surface area contributed by atoms with Crippen LogP contribution in [-0.2, 0) is 9.47 Å². The van der Waals surface area contributed by atoms with Crippen molar-refractivity contribution in [2.75, 3.05) is 7.05 Å². The molecule has 2 atom stereocenters. The first-order valence-electron chi connectivity index (χ1n) is 8.95. The molecule has 1 aliphatic rings. The van der Waals surface area contributed by atoms with Crippen molar-refractivity contribution in [2.24, 2.45) is 0 Å². The monoisotopic (exact) mass is 357 g/mol. The van der Waals surface area contributed by atoms with E-state index in [4.69, 9.17) is 9.47 Å². The second kappa shape index (κ2) is 7.81. The number of ether oxygens (including phenoxy) is 2. The fourth-order valence-electron chi connectivity index (χ4n) is 3.28. The number of hydrogen-bond donors (Lipinski definition) is 2. The standard InChI is InChI=1S/C18H35N3O4/c1-11(2)19-15(22)24-13-10-17(5,6)21(9)18(7,8)14(13)25-16(23)20-12(3)4/h11-14H,10H2,1-9H3,(H,19,22)(H,20,23). The van der Waals surface area contributed by atoms with Crippen LogP contribution in [0.3, 0.4) is 0 Å². The summed E-state index contributed by atoms with van der Waals surface area (Å²) in [7, 11) is 2.00. The number of likely N-dealkylation sites (tertiary alicyclic amines) is 1. The molecule has 0 aromatic rings. The van der Waals surface area contributed by atoms with Gasteiger partial charge in [-0.1, -0.05) is 0 Å². The van der Waals surface area contributed by atoms with Gasteiger partial charge in [-0.25, -0.2) is 9.59 Å². The molecular weight excluding hydrogens is 322 g/mol. The molecule has 2 unspecified atom stereocenters. The number of nitrogens with one attached hydrogen (secondary N) is 2. The van der Waals surface area contributed by atoms with Crippen molar-refractivity contribution < 1.29 is 19.1 Å². The molecule has 1 heterocycles. The Morgan fingerprint density at radius 1 is 0.960 bits per heavy atom. The summed E-state index contributed by atoms with van der Waals surface area (Å²) in [6.07, 6.45) is -1.54. The van der Waals surface area contributed by atoms with Crippen LogP contribution in [0.4, 0.5) is 9.59 Å². The van der Waals surface area contributed by atoms with Gasteiger partial charge in [0, 0.05) is 24.0 Å². The Morgan fingerprint density at radius 3 is 1.84 bits per heavy atom. The number of likely N-dealkylation sites (N-methyl/N-ethyl adjacent to an activating group) is 1. The highest BCUT2D eigenvalue weighted by Crippen LogP contribution is 2.40. The number of piperidine rings is 1. The normalized spacial score (nSPS) is 25.6. The maximum atomic E-state index is 12.2. The molecule has 0 spiro atoms. The number of carbonyl (C=O) groups is 2. The van der Waals surface area contributed by atoms with E-state index in [1.165, 1.54) is 0 Å². The number of nitrogens with zero attached hydrogens (tertiary/aromatic N) is 1. The minimum absolute atomic E-state index is 0.0246. The van der Waals surface area contributed by atoms with E-state index in [0.717, 1.165) is 0 Å². The van der Waals surface area contributed by atoms with Crippen LogP contribution in [0.15, 0.2) is 0 Å². The Labute approximate surface area is 151 Å². The molecule has 25 heavy (non-hydrogen) atoms. The van der Waals surface area contributed by atoms with Crippen LogP contribution >= 0.6 is 0 Å². The van der Waals surface area contributed by atoms with Gasteiger partial charge in [0.25, 0.3) is 0 Å². The van der Waals surface area contributed by atoms with E-state index in [9.17, 15) is 9.59 Å². The highest BCUT2D eigenvalue weighted by Gasteiger charge is 2.53. The van der Waals surface area contributed by atoms with E-state index in [1.807, 2.05) is 48.6 Å². The predicted molar refractivity (Wildman–Crippen MR) is 97.6 cm³/mol. The number of alkyl carbamates (subject to hydrolysis) is 2. The van der Waals surface area contributed by atoms with Gasteiger partial charge in [0.2, 0.25) is 0 Å². The zero-order valence-electron chi connectivity index (χ0n) is 17.1. The van der Waals surface area contributed by atoms with Gasteiger partial charge in [0.1, 0.15) is 6.10 Å². The number of hydrogen-bond acceptors (Lipinski definition) is 5. The molecule has 1 saturated heterocycles. The highest BCUT2D eigenvalue weighted by atomic mass is 16.6. The summed E-state index contributed by atoms with van der Waals surface area (Å²) >= 11 is 0. The summed E-state index contributed by atoms with van der Waals surface area (Å²) in [5.41, 5.74) is -0.709. The van der Waals surface area contributed by atoms with Gasteiger partial charge in [-0.2, -0.15) is 0 Å². The van der Waals surface area contributed by atoms with Crippen molar-refractivity contribution in [2.45, 2.75) is 97.2 Å². The lowest BCUT2D eigenvalue weighted by atomic mass is 9.76. The molecule has 1 fully saturated rings.